The van der Waals surface area contributed by atoms with Gasteiger partial charge in [-0.3, -0.25) is 0 Å². The van der Waals surface area contributed by atoms with Crippen LogP contribution >= 0.6 is 0 Å². The largest absolute Gasteiger partial charge is 0.444 e. The van der Waals surface area contributed by atoms with E-state index in [1.165, 1.54) is 0 Å². The van der Waals surface area contributed by atoms with Crippen molar-refractivity contribution in [1.29, 1.82) is 0 Å². The average Bonchev–Trinajstić information content (AvgIpc) is 3.05. The van der Waals surface area contributed by atoms with Gasteiger partial charge in [0.05, 0.1) is 24.3 Å². The third-order valence-electron chi connectivity index (χ3n) is 3.77. The van der Waals surface area contributed by atoms with E-state index in [1.807, 2.05) is 0 Å². The minimum atomic E-state index is -0.525. The average molecular weight is 405 g/mol. The van der Waals surface area contributed by atoms with Crippen molar-refractivity contribution in [3.05, 3.63) is 0 Å². The summed E-state index contributed by atoms with van der Waals surface area (Å²) >= 11 is 0. The Morgan fingerprint density at radius 2 is 1.07 bits per heavy atom. The molecule has 2 saturated heterocycles. The number of nitrogens with one attached hydrogen (secondary N) is 4. The SMILES string of the molecule is CC(C)(C)OC(=O)N[C@@H]1CNC[C@H]1O.CC(C)(C)OC(=O)N[C@H]1CNC[C@@H]1O. The van der Waals surface area contributed by atoms with Gasteiger partial charge in [-0.2, -0.15) is 0 Å². The zero-order chi connectivity index (χ0) is 21.5. The summed E-state index contributed by atoms with van der Waals surface area (Å²) in [6.07, 6.45) is -2.01. The van der Waals surface area contributed by atoms with Crippen LogP contribution in [0.15, 0.2) is 0 Å². The predicted octanol–water partition coefficient (Wildman–Crippen LogP) is -0.312. The molecule has 28 heavy (non-hydrogen) atoms. The summed E-state index contributed by atoms with van der Waals surface area (Å²) in [5.74, 6) is 0. The third-order valence-corrected chi connectivity index (χ3v) is 3.77. The Balaban J connectivity index is 0.000000280. The maximum Gasteiger partial charge on any atom is 0.408 e. The number of β-amino-alcohol motifs (C(OH)–C–C–N with tert-alkyl or cyclic N) is 2. The lowest BCUT2D eigenvalue weighted by molar-refractivity contribution is 0.0452. The minimum absolute atomic E-state index is 0.246. The van der Waals surface area contributed by atoms with Crippen LogP contribution in [0.2, 0.25) is 0 Å². The van der Waals surface area contributed by atoms with E-state index in [9.17, 15) is 19.8 Å². The van der Waals surface area contributed by atoms with Crippen LogP contribution < -0.4 is 21.3 Å². The second kappa shape index (κ2) is 10.2. The molecule has 0 aliphatic carbocycles. The summed E-state index contributed by atoms with van der Waals surface area (Å²) in [6.45, 7) is 13.0. The fourth-order valence-electron chi connectivity index (χ4n) is 2.54. The van der Waals surface area contributed by atoms with Crippen molar-refractivity contribution in [2.45, 2.75) is 77.0 Å². The van der Waals surface area contributed by atoms with Gasteiger partial charge in [0.1, 0.15) is 11.2 Å². The first kappa shape index (κ1) is 24.4. The zero-order valence-corrected chi connectivity index (χ0v) is 17.7. The van der Waals surface area contributed by atoms with Crippen LogP contribution in [0.3, 0.4) is 0 Å². The van der Waals surface area contributed by atoms with Crippen molar-refractivity contribution in [2.75, 3.05) is 26.2 Å². The highest BCUT2D eigenvalue weighted by atomic mass is 16.6. The molecule has 2 amide bonds. The van der Waals surface area contributed by atoms with Crippen molar-refractivity contribution in [2.24, 2.45) is 0 Å². The molecule has 2 heterocycles. The molecule has 10 nitrogen and oxygen atoms in total. The Kier molecular flexibility index (Phi) is 8.93. The highest BCUT2D eigenvalue weighted by molar-refractivity contribution is 5.68. The van der Waals surface area contributed by atoms with Crippen molar-refractivity contribution in [3.63, 3.8) is 0 Å². The number of alkyl carbamates (subject to hydrolysis) is 2. The number of aliphatic hydroxyl groups excluding tert-OH is 2. The van der Waals surface area contributed by atoms with E-state index in [4.69, 9.17) is 9.47 Å². The molecule has 4 atom stereocenters. The molecule has 0 spiro atoms. The normalized spacial score (nSPS) is 27.4. The second-order valence-corrected chi connectivity index (χ2v) is 8.96. The zero-order valence-electron chi connectivity index (χ0n) is 17.7. The molecule has 164 valence electrons. The maximum atomic E-state index is 11.3. The van der Waals surface area contributed by atoms with Crippen LogP contribution in [0.4, 0.5) is 9.59 Å². The van der Waals surface area contributed by atoms with Crippen LogP contribution in [0, 0.1) is 0 Å². The van der Waals surface area contributed by atoms with Crippen molar-refractivity contribution >= 4 is 12.2 Å². The fourth-order valence-corrected chi connectivity index (χ4v) is 2.54. The smallest absolute Gasteiger partial charge is 0.408 e. The van der Waals surface area contributed by atoms with E-state index in [0.29, 0.717) is 26.2 Å². The van der Waals surface area contributed by atoms with Gasteiger partial charge >= 0.3 is 12.2 Å². The predicted molar refractivity (Wildman–Crippen MR) is 104 cm³/mol. The first-order valence-corrected chi connectivity index (χ1v) is 9.53. The lowest BCUT2D eigenvalue weighted by Gasteiger charge is -2.22. The molecule has 0 saturated carbocycles. The summed E-state index contributed by atoms with van der Waals surface area (Å²) in [5.41, 5.74) is -0.998. The van der Waals surface area contributed by atoms with Gasteiger partial charge in [0.2, 0.25) is 0 Å². The Labute approximate surface area is 166 Å². The quantitative estimate of drug-likeness (QED) is 0.368. The number of amides is 2. The monoisotopic (exact) mass is 404 g/mol. The molecule has 2 rings (SSSR count). The van der Waals surface area contributed by atoms with Crippen molar-refractivity contribution < 1.29 is 29.3 Å². The second-order valence-electron chi connectivity index (χ2n) is 8.96. The highest BCUT2D eigenvalue weighted by Gasteiger charge is 2.29. The molecule has 0 unspecified atom stereocenters. The summed E-state index contributed by atoms with van der Waals surface area (Å²) in [5, 5.41) is 30.0. The van der Waals surface area contributed by atoms with E-state index in [0.717, 1.165) is 0 Å². The Morgan fingerprint density at radius 1 is 0.750 bits per heavy atom. The molecule has 6 N–H and O–H groups in total. The number of hydrogen-bond donors (Lipinski definition) is 6. The van der Waals surface area contributed by atoms with E-state index in [2.05, 4.69) is 21.3 Å². The molecular weight excluding hydrogens is 368 g/mol. The van der Waals surface area contributed by atoms with Gasteiger partial charge in [0.25, 0.3) is 0 Å². The standard InChI is InChI=1S/2C9H18N2O3/c2*1-9(2,3)14-8(13)11-6-4-10-5-7(6)12/h2*6-7,10,12H,4-5H2,1-3H3,(H,11,13)/t2*6-,7-/m10/s1. The maximum absolute atomic E-state index is 11.3. The van der Waals surface area contributed by atoms with Gasteiger partial charge in [-0.25, -0.2) is 9.59 Å². The van der Waals surface area contributed by atoms with Crippen molar-refractivity contribution in [3.8, 4) is 0 Å². The lowest BCUT2D eigenvalue weighted by Crippen LogP contribution is -2.45. The highest BCUT2D eigenvalue weighted by Crippen LogP contribution is 2.09. The number of carbonyl (C=O) groups excluding carboxylic acids is 2. The minimum Gasteiger partial charge on any atom is -0.444 e. The summed E-state index contributed by atoms with van der Waals surface area (Å²) < 4.78 is 10.1. The molecule has 0 bridgehead atoms. The molecule has 2 fully saturated rings. The van der Waals surface area contributed by atoms with Gasteiger partial charge in [-0.05, 0) is 41.5 Å². The summed E-state index contributed by atoms with van der Waals surface area (Å²) in [7, 11) is 0. The Bertz CT molecular complexity index is 471. The van der Waals surface area contributed by atoms with Gasteiger partial charge in [0.15, 0.2) is 0 Å². The summed E-state index contributed by atoms with van der Waals surface area (Å²) in [6, 6.07) is -0.491. The van der Waals surface area contributed by atoms with E-state index in [1.54, 1.807) is 41.5 Å². The van der Waals surface area contributed by atoms with E-state index >= 15 is 0 Å². The van der Waals surface area contributed by atoms with E-state index < -0.39 is 35.6 Å². The number of carbonyl (C=O) groups is 2. The van der Waals surface area contributed by atoms with Gasteiger partial charge < -0.3 is 41.0 Å². The van der Waals surface area contributed by atoms with Crippen LogP contribution in [-0.4, -0.2) is 84.1 Å². The number of aliphatic hydroxyl groups is 2. The van der Waals surface area contributed by atoms with E-state index in [-0.39, 0.29) is 12.1 Å². The molecule has 2 aliphatic rings. The number of hydrogen-bond acceptors (Lipinski definition) is 8. The van der Waals surface area contributed by atoms with Crippen LogP contribution in [0.1, 0.15) is 41.5 Å². The van der Waals surface area contributed by atoms with Crippen LogP contribution in [0.25, 0.3) is 0 Å². The molecule has 0 aromatic rings. The molecule has 0 radical (unpaired) electrons. The molecule has 2 aliphatic heterocycles. The molecule has 0 aromatic carbocycles. The Morgan fingerprint density at radius 3 is 1.29 bits per heavy atom. The summed E-state index contributed by atoms with van der Waals surface area (Å²) in [4.78, 5) is 22.6. The van der Waals surface area contributed by atoms with Gasteiger partial charge in [-0.15, -0.1) is 0 Å². The third kappa shape index (κ3) is 10.1. The molecule has 0 aromatic heterocycles. The fraction of sp³-hybridized carbons (Fsp3) is 0.889. The van der Waals surface area contributed by atoms with Crippen molar-refractivity contribution in [1.82, 2.24) is 21.3 Å². The van der Waals surface area contributed by atoms with Crippen LogP contribution in [-0.2, 0) is 9.47 Å². The number of rotatable bonds is 2. The lowest BCUT2D eigenvalue weighted by atomic mass is 10.2. The first-order chi connectivity index (χ1) is 12.8. The number of ether oxygens (including phenoxy) is 2. The first-order valence-electron chi connectivity index (χ1n) is 9.53. The Hall–Kier alpha value is -1.62. The molecule has 10 heteroatoms. The molecular formula is C18H36N4O6. The van der Waals surface area contributed by atoms with Crippen LogP contribution in [0.5, 0.6) is 0 Å². The topological polar surface area (TPSA) is 141 Å². The van der Waals surface area contributed by atoms with Gasteiger partial charge in [0, 0.05) is 26.2 Å². The van der Waals surface area contributed by atoms with Gasteiger partial charge in [-0.1, -0.05) is 0 Å².